The molecule has 0 radical (unpaired) electrons. The Hall–Kier alpha value is -2.12. The fourth-order valence-electron chi connectivity index (χ4n) is 5.47. The number of amides is 3. The summed E-state index contributed by atoms with van der Waals surface area (Å²) in [5.41, 5.74) is 4.30. The highest BCUT2D eigenvalue weighted by Crippen LogP contribution is 2.61. The molecule has 4 aliphatic carbocycles. The van der Waals surface area contributed by atoms with Gasteiger partial charge in [0.2, 0.25) is 11.8 Å². The van der Waals surface area contributed by atoms with Crippen molar-refractivity contribution in [3.63, 3.8) is 0 Å². The Kier molecular flexibility index (Phi) is 5.48. The Morgan fingerprint density at radius 2 is 1.50 bits per heavy atom. The van der Waals surface area contributed by atoms with Crippen molar-refractivity contribution in [3.8, 4) is 0 Å². The molecule has 0 heterocycles. The summed E-state index contributed by atoms with van der Waals surface area (Å²) in [6.07, 6.45) is 7.88. The number of carbonyl (C=O) groups is 4. The highest BCUT2D eigenvalue weighted by Gasteiger charge is 2.51. The van der Waals surface area contributed by atoms with E-state index >= 15 is 0 Å². The van der Waals surface area contributed by atoms with Crippen LogP contribution in [0.4, 0.5) is 0 Å². The van der Waals surface area contributed by atoms with Crippen molar-refractivity contribution >= 4 is 23.7 Å². The van der Waals surface area contributed by atoms with Crippen LogP contribution in [0, 0.1) is 23.2 Å². The molecule has 0 unspecified atom stereocenters. The molecule has 3 N–H and O–H groups in total. The molecule has 0 aromatic rings. The molecule has 8 nitrogen and oxygen atoms in total. The van der Waals surface area contributed by atoms with Gasteiger partial charge in [0.15, 0.2) is 6.61 Å². The van der Waals surface area contributed by atoms with Crippen molar-refractivity contribution in [2.45, 2.75) is 51.9 Å². The van der Waals surface area contributed by atoms with Crippen molar-refractivity contribution in [3.05, 3.63) is 0 Å². The average Bonchev–Trinajstić information content (AvgIpc) is 2.54. The highest BCUT2D eigenvalue weighted by molar-refractivity contribution is 5.85. The second-order valence-electron chi connectivity index (χ2n) is 8.26. The van der Waals surface area contributed by atoms with E-state index in [-0.39, 0.29) is 17.9 Å². The van der Waals surface area contributed by atoms with E-state index in [4.69, 9.17) is 4.74 Å². The van der Waals surface area contributed by atoms with Crippen LogP contribution in [-0.2, 0) is 23.9 Å². The van der Waals surface area contributed by atoms with E-state index in [2.05, 4.69) is 16.2 Å². The minimum Gasteiger partial charge on any atom is -0.454 e. The first kappa shape index (κ1) is 18.7. The lowest BCUT2D eigenvalue weighted by Gasteiger charge is -2.56. The molecule has 4 saturated carbocycles. The number of hydrogen-bond donors (Lipinski definition) is 3. The maximum absolute atomic E-state index is 12.3. The molecule has 4 fully saturated rings. The molecule has 3 amide bonds. The minimum atomic E-state index is -0.679. The van der Waals surface area contributed by atoms with Gasteiger partial charge < -0.3 is 10.1 Å². The Bertz CT molecular complexity index is 568. The first-order valence-corrected chi connectivity index (χ1v) is 9.31. The standard InChI is InChI=1S/C18H27N3O5/c1-11(22)20-21-16(24)10-26-17(25)9-19-15(23)8-18-5-12-2-13(6-18)4-14(3-12)7-18/h12-14H,2-10H2,1H3,(H,19,23)(H,20,22)(H,21,24). The summed E-state index contributed by atoms with van der Waals surface area (Å²) < 4.78 is 4.76. The monoisotopic (exact) mass is 365 g/mol. The Labute approximate surface area is 152 Å². The van der Waals surface area contributed by atoms with Crippen molar-refractivity contribution in [1.82, 2.24) is 16.2 Å². The topological polar surface area (TPSA) is 114 Å². The molecule has 0 spiro atoms. The molecule has 8 heteroatoms. The van der Waals surface area contributed by atoms with Crippen LogP contribution in [0.25, 0.3) is 0 Å². The van der Waals surface area contributed by atoms with Crippen molar-refractivity contribution < 1.29 is 23.9 Å². The third kappa shape index (κ3) is 4.74. The maximum atomic E-state index is 12.3. The molecule has 0 aromatic heterocycles. The molecule has 4 bridgehead atoms. The number of carbonyl (C=O) groups excluding carboxylic acids is 4. The fraction of sp³-hybridized carbons (Fsp3) is 0.778. The first-order chi connectivity index (χ1) is 12.3. The number of esters is 1. The molecule has 26 heavy (non-hydrogen) atoms. The highest BCUT2D eigenvalue weighted by atomic mass is 16.5. The zero-order chi connectivity index (χ0) is 18.7. The Morgan fingerprint density at radius 1 is 0.923 bits per heavy atom. The molecule has 0 saturated heterocycles. The van der Waals surface area contributed by atoms with Gasteiger partial charge in [-0.2, -0.15) is 0 Å². The van der Waals surface area contributed by atoms with Crippen molar-refractivity contribution in [1.29, 1.82) is 0 Å². The van der Waals surface area contributed by atoms with Gasteiger partial charge in [-0.3, -0.25) is 30.0 Å². The molecule has 0 aliphatic heterocycles. The summed E-state index contributed by atoms with van der Waals surface area (Å²) in [7, 11) is 0. The predicted octanol–water partition coefficient (Wildman–Crippen LogP) is 0.420. The summed E-state index contributed by atoms with van der Waals surface area (Å²) >= 11 is 0. The number of rotatable bonds is 6. The lowest BCUT2D eigenvalue weighted by molar-refractivity contribution is -0.149. The van der Waals surface area contributed by atoms with Crippen LogP contribution in [0.2, 0.25) is 0 Å². The molecule has 4 rings (SSSR count). The zero-order valence-electron chi connectivity index (χ0n) is 15.1. The van der Waals surface area contributed by atoms with Gasteiger partial charge >= 0.3 is 5.97 Å². The van der Waals surface area contributed by atoms with E-state index in [0.717, 1.165) is 37.0 Å². The smallest absolute Gasteiger partial charge is 0.325 e. The van der Waals surface area contributed by atoms with Gasteiger partial charge in [-0.1, -0.05) is 0 Å². The number of ether oxygens (including phenoxy) is 1. The molecule has 0 aromatic carbocycles. The normalized spacial score (nSPS) is 31.2. The van der Waals surface area contributed by atoms with Gasteiger partial charge in [-0.15, -0.1) is 0 Å². The first-order valence-electron chi connectivity index (χ1n) is 9.31. The Morgan fingerprint density at radius 3 is 2.04 bits per heavy atom. The second kappa shape index (κ2) is 7.63. The largest absolute Gasteiger partial charge is 0.454 e. The van der Waals surface area contributed by atoms with E-state index < -0.39 is 24.4 Å². The maximum Gasteiger partial charge on any atom is 0.325 e. The van der Waals surface area contributed by atoms with Crippen LogP contribution in [-0.4, -0.2) is 36.8 Å². The molecule has 0 atom stereocenters. The average molecular weight is 365 g/mol. The lowest BCUT2D eigenvalue weighted by Crippen LogP contribution is -2.48. The third-order valence-electron chi connectivity index (χ3n) is 5.87. The van der Waals surface area contributed by atoms with Gasteiger partial charge in [0.25, 0.3) is 5.91 Å². The lowest BCUT2D eigenvalue weighted by atomic mass is 9.49. The van der Waals surface area contributed by atoms with Gasteiger partial charge in [-0.05, 0) is 61.7 Å². The quantitative estimate of drug-likeness (QED) is 0.466. The minimum absolute atomic E-state index is 0.119. The molecule has 144 valence electrons. The zero-order valence-corrected chi connectivity index (χ0v) is 15.1. The van der Waals surface area contributed by atoms with Gasteiger partial charge in [-0.25, -0.2) is 0 Å². The molecular weight excluding hydrogens is 338 g/mol. The number of hydrazine groups is 1. The van der Waals surface area contributed by atoms with Crippen LogP contribution >= 0.6 is 0 Å². The van der Waals surface area contributed by atoms with Gasteiger partial charge in [0.1, 0.15) is 6.54 Å². The van der Waals surface area contributed by atoms with E-state index in [9.17, 15) is 19.2 Å². The summed E-state index contributed by atoms with van der Waals surface area (Å²) in [6.45, 7) is 0.480. The van der Waals surface area contributed by atoms with Gasteiger partial charge in [0.05, 0.1) is 0 Å². The van der Waals surface area contributed by atoms with Crippen molar-refractivity contribution in [2.24, 2.45) is 23.2 Å². The summed E-state index contributed by atoms with van der Waals surface area (Å²) in [5, 5.41) is 2.62. The van der Waals surface area contributed by atoms with E-state index in [1.54, 1.807) is 0 Å². The number of nitrogens with one attached hydrogen (secondary N) is 3. The summed E-state index contributed by atoms with van der Waals surface area (Å²) in [5.74, 6) is 0.465. The van der Waals surface area contributed by atoms with Crippen LogP contribution in [0.1, 0.15) is 51.9 Å². The molecular formula is C18H27N3O5. The van der Waals surface area contributed by atoms with Crippen LogP contribution in [0.3, 0.4) is 0 Å². The van der Waals surface area contributed by atoms with E-state index in [1.807, 2.05) is 0 Å². The van der Waals surface area contributed by atoms with Crippen LogP contribution < -0.4 is 16.2 Å². The van der Waals surface area contributed by atoms with Crippen molar-refractivity contribution in [2.75, 3.05) is 13.2 Å². The van der Waals surface area contributed by atoms with Crippen LogP contribution in [0.15, 0.2) is 0 Å². The van der Waals surface area contributed by atoms with E-state index in [1.165, 1.54) is 26.2 Å². The Balaban J connectivity index is 1.36. The predicted molar refractivity (Wildman–Crippen MR) is 91.2 cm³/mol. The third-order valence-corrected chi connectivity index (χ3v) is 5.87. The van der Waals surface area contributed by atoms with Crippen LogP contribution in [0.5, 0.6) is 0 Å². The second-order valence-corrected chi connectivity index (χ2v) is 8.26. The van der Waals surface area contributed by atoms with Gasteiger partial charge in [0, 0.05) is 13.3 Å². The summed E-state index contributed by atoms with van der Waals surface area (Å²) in [6, 6.07) is 0. The number of hydrogen-bond acceptors (Lipinski definition) is 5. The SMILES string of the molecule is CC(=O)NNC(=O)COC(=O)CNC(=O)CC12CC3CC(CC(C3)C1)C2. The molecule has 4 aliphatic rings. The van der Waals surface area contributed by atoms with E-state index in [0.29, 0.717) is 6.42 Å². The summed E-state index contributed by atoms with van der Waals surface area (Å²) in [4.78, 5) is 45.9. The fourth-order valence-corrected chi connectivity index (χ4v) is 5.47.